The average molecular weight is 240 g/mol. The number of hydrogen-bond donors (Lipinski definition) is 2. The number of fused-ring (bicyclic) bond motifs is 1. The molecule has 2 aliphatic carbocycles. The normalized spacial score (nSPS) is 47.6. The predicted molar refractivity (Wildman–Crippen MR) is 69.7 cm³/mol. The van der Waals surface area contributed by atoms with Gasteiger partial charge in [-0.3, -0.25) is 0 Å². The summed E-state index contributed by atoms with van der Waals surface area (Å²) in [4.78, 5) is 0. The lowest BCUT2D eigenvalue weighted by Gasteiger charge is -2.58. The molecule has 0 amide bonds. The highest BCUT2D eigenvalue weighted by molar-refractivity contribution is 5.07. The number of hydrogen-bond acceptors (Lipinski definition) is 2. The molecule has 2 fully saturated rings. The van der Waals surface area contributed by atoms with Crippen molar-refractivity contribution in [3.8, 4) is 0 Å². The monoisotopic (exact) mass is 240 g/mol. The van der Waals surface area contributed by atoms with Crippen LogP contribution < -0.4 is 0 Å². The van der Waals surface area contributed by atoms with Crippen LogP contribution in [0.4, 0.5) is 0 Å². The van der Waals surface area contributed by atoms with Crippen LogP contribution in [0.2, 0.25) is 0 Å². The van der Waals surface area contributed by atoms with Gasteiger partial charge in [0, 0.05) is 0 Å². The fraction of sp³-hybridized carbons (Fsp3) is 1.00. The molecule has 0 saturated heterocycles. The van der Waals surface area contributed by atoms with E-state index in [0.29, 0.717) is 5.92 Å². The van der Waals surface area contributed by atoms with Gasteiger partial charge in [-0.2, -0.15) is 0 Å². The first-order valence-corrected chi connectivity index (χ1v) is 7.14. The third-order valence-electron chi connectivity index (χ3n) is 5.83. The third-order valence-corrected chi connectivity index (χ3v) is 5.83. The molecule has 0 aromatic heterocycles. The molecule has 0 bridgehead atoms. The summed E-state index contributed by atoms with van der Waals surface area (Å²) in [5.74, 6) is 0.604. The van der Waals surface area contributed by atoms with E-state index < -0.39 is 11.2 Å². The predicted octanol–water partition coefficient (Wildman–Crippen LogP) is 3.11. The van der Waals surface area contributed by atoms with Crippen molar-refractivity contribution >= 4 is 0 Å². The van der Waals surface area contributed by atoms with Crippen LogP contribution in [-0.2, 0) is 0 Å². The zero-order valence-corrected chi connectivity index (χ0v) is 11.8. The molecule has 0 aliphatic heterocycles. The molecular formula is C15H28O2. The summed E-state index contributed by atoms with van der Waals surface area (Å²) in [7, 11) is 0. The molecule has 17 heavy (non-hydrogen) atoms. The van der Waals surface area contributed by atoms with Gasteiger partial charge < -0.3 is 10.2 Å². The molecule has 2 aliphatic rings. The van der Waals surface area contributed by atoms with Gasteiger partial charge >= 0.3 is 0 Å². The molecule has 0 heterocycles. The summed E-state index contributed by atoms with van der Waals surface area (Å²) in [6.45, 7) is 8.21. The Kier molecular flexibility index (Phi) is 3.11. The zero-order chi connectivity index (χ0) is 12.9. The van der Waals surface area contributed by atoms with Gasteiger partial charge in [0.05, 0.1) is 11.2 Å². The highest BCUT2D eigenvalue weighted by atomic mass is 16.3. The van der Waals surface area contributed by atoms with Crippen molar-refractivity contribution in [3.05, 3.63) is 0 Å². The summed E-state index contributed by atoms with van der Waals surface area (Å²) < 4.78 is 0. The van der Waals surface area contributed by atoms with Gasteiger partial charge in [-0.1, -0.05) is 20.3 Å². The Morgan fingerprint density at radius 2 is 1.82 bits per heavy atom. The van der Waals surface area contributed by atoms with Crippen molar-refractivity contribution in [2.75, 3.05) is 0 Å². The molecule has 2 saturated carbocycles. The maximum Gasteiger partial charge on any atom is 0.0730 e. The third kappa shape index (κ3) is 2.04. The maximum absolute atomic E-state index is 11.1. The number of aliphatic hydroxyl groups is 2. The topological polar surface area (TPSA) is 40.5 Å². The molecule has 2 heteroatoms. The van der Waals surface area contributed by atoms with Crippen molar-refractivity contribution in [1.82, 2.24) is 0 Å². The minimum Gasteiger partial charge on any atom is -0.390 e. The van der Waals surface area contributed by atoms with Crippen molar-refractivity contribution in [3.63, 3.8) is 0 Å². The van der Waals surface area contributed by atoms with Crippen molar-refractivity contribution in [2.24, 2.45) is 17.3 Å². The van der Waals surface area contributed by atoms with Crippen LogP contribution in [0.5, 0.6) is 0 Å². The van der Waals surface area contributed by atoms with Crippen LogP contribution >= 0.6 is 0 Å². The second kappa shape index (κ2) is 3.96. The zero-order valence-electron chi connectivity index (χ0n) is 11.8. The van der Waals surface area contributed by atoms with Crippen molar-refractivity contribution < 1.29 is 10.2 Å². The minimum absolute atomic E-state index is 0.0758. The SMILES string of the molecule is CC1CCCC2(C)CCC(C(C)(C)O)CC12O. The molecule has 0 spiro atoms. The van der Waals surface area contributed by atoms with Gasteiger partial charge in [0.15, 0.2) is 0 Å². The molecular weight excluding hydrogens is 212 g/mol. The van der Waals surface area contributed by atoms with Gasteiger partial charge in [0.2, 0.25) is 0 Å². The van der Waals surface area contributed by atoms with Crippen molar-refractivity contribution in [2.45, 2.75) is 77.4 Å². The second-order valence-electron chi connectivity index (χ2n) is 7.37. The summed E-state index contributed by atoms with van der Waals surface area (Å²) in [5.41, 5.74) is -1.14. The van der Waals surface area contributed by atoms with E-state index in [1.807, 2.05) is 13.8 Å². The Hall–Kier alpha value is -0.0800. The van der Waals surface area contributed by atoms with Gasteiger partial charge in [0.25, 0.3) is 0 Å². The first kappa shape index (κ1) is 13.4. The van der Waals surface area contributed by atoms with Gasteiger partial charge in [-0.15, -0.1) is 0 Å². The van der Waals surface area contributed by atoms with Crippen LogP contribution in [0.15, 0.2) is 0 Å². The highest BCUT2D eigenvalue weighted by Crippen LogP contribution is 2.57. The van der Waals surface area contributed by atoms with E-state index in [1.54, 1.807) is 0 Å². The van der Waals surface area contributed by atoms with Crippen molar-refractivity contribution in [1.29, 1.82) is 0 Å². The first-order valence-electron chi connectivity index (χ1n) is 7.14. The molecule has 0 radical (unpaired) electrons. The van der Waals surface area contributed by atoms with Crippen LogP contribution in [0, 0.1) is 17.3 Å². The Balaban J connectivity index is 2.25. The van der Waals surface area contributed by atoms with Gasteiger partial charge in [-0.25, -0.2) is 0 Å². The summed E-state index contributed by atoms with van der Waals surface area (Å²) in [6, 6.07) is 0. The van der Waals surface area contributed by atoms with Gasteiger partial charge in [0.1, 0.15) is 0 Å². The molecule has 0 aromatic carbocycles. The van der Waals surface area contributed by atoms with Crippen LogP contribution in [0.3, 0.4) is 0 Å². The summed E-state index contributed by atoms with van der Waals surface area (Å²) >= 11 is 0. The Morgan fingerprint density at radius 1 is 1.18 bits per heavy atom. The van der Waals surface area contributed by atoms with E-state index in [1.165, 1.54) is 6.42 Å². The lowest BCUT2D eigenvalue weighted by molar-refractivity contribution is -0.194. The largest absolute Gasteiger partial charge is 0.390 e. The fourth-order valence-electron chi connectivity index (χ4n) is 4.21. The number of rotatable bonds is 1. The van der Waals surface area contributed by atoms with E-state index in [2.05, 4.69) is 13.8 Å². The molecule has 2 nitrogen and oxygen atoms in total. The second-order valence-corrected chi connectivity index (χ2v) is 7.37. The standard InChI is InChI=1S/C15H28O2/c1-11-6-5-8-14(4)9-7-12(13(2,3)16)10-15(11,14)17/h11-12,16-17H,5-10H2,1-4H3. The Labute approximate surface area is 105 Å². The molecule has 100 valence electrons. The quantitative estimate of drug-likeness (QED) is 0.739. The maximum atomic E-state index is 11.1. The molecule has 4 atom stereocenters. The Morgan fingerprint density at radius 3 is 2.41 bits per heavy atom. The van der Waals surface area contributed by atoms with E-state index in [9.17, 15) is 10.2 Å². The van der Waals surface area contributed by atoms with E-state index in [4.69, 9.17) is 0 Å². The molecule has 2 N–H and O–H groups in total. The van der Waals surface area contributed by atoms with Crippen LogP contribution in [-0.4, -0.2) is 21.4 Å². The van der Waals surface area contributed by atoms with E-state index in [-0.39, 0.29) is 11.3 Å². The van der Waals surface area contributed by atoms with E-state index >= 15 is 0 Å². The Bertz CT molecular complexity index is 294. The minimum atomic E-state index is -0.659. The molecule has 4 unspecified atom stereocenters. The summed E-state index contributed by atoms with van der Waals surface area (Å²) in [5, 5.41) is 21.3. The highest BCUT2D eigenvalue weighted by Gasteiger charge is 2.56. The lowest BCUT2D eigenvalue weighted by atomic mass is 9.51. The van der Waals surface area contributed by atoms with Gasteiger partial charge in [-0.05, 0) is 63.2 Å². The lowest BCUT2D eigenvalue weighted by Crippen LogP contribution is -2.59. The average Bonchev–Trinajstić information content (AvgIpc) is 2.19. The van der Waals surface area contributed by atoms with Crippen LogP contribution in [0.1, 0.15) is 66.2 Å². The smallest absolute Gasteiger partial charge is 0.0730 e. The fourth-order valence-corrected chi connectivity index (χ4v) is 4.21. The first-order chi connectivity index (χ1) is 7.69. The molecule has 0 aromatic rings. The summed E-state index contributed by atoms with van der Waals surface area (Å²) in [6.07, 6.45) is 6.40. The van der Waals surface area contributed by atoms with E-state index in [0.717, 1.165) is 32.1 Å². The van der Waals surface area contributed by atoms with Crippen LogP contribution in [0.25, 0.3) is 0 Å². The molecule has 2 rings (SSSR count).